The fourth-order valence-electron chi connectivity index (χ4n) is 3.07. The summed E-state index contributed by atoms with van der Waals surface area (Å²) < 4.78 is 5.37. The number of amidine groups is 1. The van der Waals surface area contributed by atoms with E-state index < -0.39 is 0 Å². The van der Waals surface area contributed by atoms with Gasteiger partial charge >= 0.3 is 0 Å². The first-order valence-electron chi connectivity index (χ1n) is 7.42. The summed E-state index contributed by atoms with van der Waals surface area (Å²) in [5, 5.41) is 4.75. The molecule has 0 aromatic heterocycles. The quantitative estimate of drug-likeness (QED) is 0.925. The molecule has 0 amide bonds. The Morgan fingerprint density at radius 3 is 3.05 bits per heavy atom. The monoisotopic (exact) mass is 290 g/mol. The van der Waals surface area contributed by atoms with E-state index >= 15 is 0 Å². The molecule has 20 heavy (non-hydrogen) atoms. The minimum atomic E-state index is 0.654. The van der Waals surface area contributed by atoms with E-state index in [4.69, 9.17) is 9.73 Å². The van der Waals surface area contributed by atoms with Gasteiger partial charge in [0.15, 0.2) is 5.17 Å². The molecule has 0 spiro atoms. The molecule has 0 bridgehead atoms. The van der Waals surface area contributed by atoms with E-state index in [1.807, 2.05) is 30.0 Å². The van der Waals surface area contributed by atoms with Crippen LogP contribution in [0.3, 0.4) is 0 Å². The minimum absolute atomic E-state index is 0.654. The third-order valence-corrected chi connectivity index (χ3v) is 5.35. The van der Waals surface area contributed by atoms with Crippen molar-refractivity contribution in [3.8, 4) is 5.75 Å². The van der Waals surface area contributed by atoms with Crippen molar-refractivity contribution in [3.63, 3.8) is 0 Å². The highest BCUT2D eigenvalue weighted by molar-refractivity contribution is 8.13. The Morgan fingerprint density at radius 2 is 2.15 bits per heavy atom. The molecule has 3 nitrogen and oxygen atoms in total. The molecule has 1 aliphatic heterocycles. The van der Waals surface area contributed by atoms with E-state index in [0.29, 0.717) is 12.6 Å². The summed E-state index contributed by atoms with van der Waals surface area (Å²) in [7, 11) is 1.71. The lowest BCUT2D eigenvalue weighted by Crippen LogP contribution is -2.46. The maximum atomic E-state index is 5.37. The van der Waals surface area contributed by atoms with Crippen LogP contribution in [0.15, 0.2) is 29.3 Å². The highest BCUT2D eigenvalue weighted by atomic mass is 32.2. The molecule has 1 saturated heterocycles. The number of methoxy groups -OCH3 is 1. The number of thioether (sulfide) groups is 1. The predicted octanol–water partition coefficient (Wildman–Crippen LogP) is 3.45. The van der Waals surface area contributed by atoms with E-state index in [1.54, 1.807) is 7.11 Å². The molecule has 1 aliphatic carbocycles. The second kappa shape index (κ2) is 6.53. The second-order valence-corrected chi connectivity index (χ2v) is 6.55. The summed E-state index contributed by atoms with van der Waals surface area (Å²) in [6, 6.07) is 8.77. The molecule has 4 heteroatoms. The first-order valence-corrected chi connectivity index (χ1v) is 8.41. The number of hydrogen-bond donors (Lipinski definition) is 1. The zero-order valence-electron chi connectivity index (χ0n) is 12.0. The highest BCUT2D eigenvalue weighted by Crippen LogP contribution is 2.31. The van der Waals surface area contributed by atoms with Crippen molar-refractivity contribution < 1.29 is 4.74 Å². The van der Waals surface area contributed by atoms with Crippen LogP contribution in [-0.2, 0) is 6.54 Å². The number of hydrogen-bond acceptors (Lipinski definition) is 3. The van der Waals surface area contributed by atoms with Gasteiger partial charge in [-0.1, -0.05) is 42.8 Å². The van der Waals surface area contributed by atoms with Crippen LogP contribution in [0, 0.1) is 5.92 Å². The standard InChI is InChI=1S/C16H22N2OS/c1-19-15-9-5-3-6-12(15)10-17-16-18-14-8-4-2-7-13(14)11-20-16/h3,5-6,9,13-14H,2,4,7-8,10-11H2,1H3,(H,17,18). The van der Waals surface area contributed by atoms with Crippen molar-refractivity contribution in [1.82, 2.24) is 5.32 Å². The number of para-hydroxylation sites is 1. The Kier molecular flexibility index (Phi) is 4.51. The summed E-state index contributed by atoms with van der Waals surface area (Å²) in [6.07, 6.45) is 5.44. The molecule has 1 aromatic carbocycles. The fourth-order valence-corrected chi connectivity index (χ4v) is 4.23. The zero-order valence-corrected chi connectivity index (χ0v) is 12.8. The van der Waals surface area contributed by atoms with Crippen molar-refractivity contribution in [2.45, 2.75) is 38.3 Å². The molecule has 1 aromatic rings. The molecular formula is C16H22N2OS. The van der Waals surface area contributed by atoms with Crippen molar-refractivity contribution >= 4 is 16.9 Å². The van der Waals surface area contributed by atoms with Crippen LogP contribution in [0.1, 0.15) is 31.2 Å². The van der Waals surface area contributed by atoms with E-state index in [0.717, 1.165) is 22.4 Å². The summed E-state index contributed by atoms with van der Waals surface area (Å²) in [5.41, 5.74) is 1.15. The average Bonchev–Trinajstić information content (AvgIpc) is 2.53. The number of aliphatic imine (C=N–C) groups is 1. The molecule has 2 atom stereocenters. The number of fused-ring (bicyclic) bond motifs is 1. The fraction of sp³-hybridized carbons (Fsp3) is 0.562. The molecule has 2 fully saturated rings. The lowest BCUT2D eigenvalue weighted by atomic mass is 9.86. The third kappa shape index (κ3) is 3.11. The number of nitrogens with one attached hydrogen (secondary N) is 1. The van der Waals surface area contributed by atoms with Gasteiger partial charge in [-0.05, 0) is 24.8 Å². The smallest absolute Gasteiger partial charge is 0.157 e. The van der Waals surface area contributed by atoms with E-state index in [-0.39, 0.29) is 0 Å². The van der Waals surface area contributed by atoms with Gasteiger partial charge < -0.3 is 10.1 Å². The van der Waals surface area contributed by atoms with Crippen LogP contribution in [0.4, 0.5) is 0 Å². The Bertz CT molecular complexity index is 489. The van der Waals surface area contributed by atoms with E-state index in [2.05, 4.69) is 11.4 Å². The van der Waals surface area contributed by atoms with Crippen LogP contribution in [0.2, 0.25) is 0 Å². The van der Waals surface area contributed by atoms with Crippen molar-refractivity contribution in [1.29, 1.82) is 0 Å². The molecule has 1 heterocycles. The Balaban J connectivity index is 1.64. The van der Waals surface area contributed by atoms with Gasteiger partial charge in [0, 0.05) is 17.4 Å². The summed E-state index contributed by atoms with van der Waals surface area (Å²) in [5.74, 6) is 3.00. The van der Waals surface area contributed by atoms with E-state index in [1.165, 1.54) is 31.4 Å². The average molecular weight is 290 g/mol. The number of ether oxygens (including phenoxy) is 1. The van der Waals surface area contributed by atoms with Gasteiger partial charge in [0.05, 0.1) is 13.7 Å². The summed E-state index contributed by atoms with van der Waals surface area (Å²) in [4.78, 5) is 4.74. The normalized spacial score (nSPS) is 27.8. The predicted molar refractivity (Wildman–Crippen MR) is 85.5 cm³/mol. The second-order valence-electron chi connectivity index (χ2n) is 5.54. The van der Waals surface area contributed by atoms with Gasteiger partial charge in [0.2, 0.25) is 0 Å². The molecule has 2 unspecified atom stereocenters. The number of nitrogens with zero attached hydrogens (tertiary/aromatic N) is 1. The van der Waals surface area contributed by atoms with Crippen LogP contribution in [-0.4, -0.2) is 24.1 Å². The highest BCUT2D eigenvalue weighted by Gasteiger charge is 2.30. The van der Waals surface area contributed by atoms with Gasteiger partial charge in [-0.15, -0.1) is 0 Å². The lowest BCUT2D eigenvalue weighted by Gasteiger charge is -2.36. The van der Waals surface area contributed by atoms with E-state index in [9.17, 15) is 0 Å². The van der Waals surface area contributed by atoms with Gasteiger partial charge in [0.1, 0.15) is 5.75 Å². The van der Waals surface area contributed by atoms with Crippen molar-refractivity contribution in [2.75, 3.05) is 12.9 Å². The van der Waals surface area contributed by atoms with Gasteiger partial charge in [-0.3, -0.25) is 4.99 Å². The molecule has 3 rings (SSSR count). The minimum Gasteiger partial charge on any atom is -0.496 e. The van der Waals surface area contributed by atoms with Crippen LogP contribution in [0.25, 0.3) is 0 Å². The summed E-state index contributed by atoms with van der Waals surface area (Å²) in [6.45, 7) is 0.691. The van der Waals surface area contributed by atoms with Crippen LogP contribution < -0.4 is 10.1 Å². The largest absolute Gasteiger partial charge is 0.496 e. The molecule has 2 aliphatic rings. The molecule has 0 radical (unpaired) electrons. The topological polar surface area (TPSA) is 33.6 Å². The van der Waals surface area contributed by atoms with Crippen LogP contribution in [0.5, 0.6) is 5.75 Å². The summed E-state index contributed by atoms with van der Waals surface area (Å²) >= 11 is 1.88. The maximum absolute atomic E-state index is 5.37. The first-order chi connectivity index (χ1) is 9.86. The van der Waals surface area contributed by atoms with Crippen molar-refractivity contribution in [2.24, 2.45) is 10.9 Å². The molecule has 108 valence electrons. The lowest BCUT2D eigenvalue weighted by molar-refractivity contribution is 0.311. The number of rotatable bonds is 3. The number of benzene rings is 1. The Morgan fingerprint density at radius 1 is 1.30 bits per heavy atom. The van der Waals surface area contributed by atoms with Crippen LogP contribution >= 0.6 is 11.8 Å². The zero-order chi connectivity index (χ0) is 13.8. The maximum Gasteiger partial charge on any atom is 0.157 e. The molecular weight excluding hydrogens is 268 g/mol. The SMILES string of the molecule is COc1ccccc1CN=C1NC2CCCCC2CS1. The third-order valence-electron chi connectivity index (χ3n) is 4.24. The Labute approximate surface area is 125 Å². The van der Waals surface area contributed by atoms with Gasteiger partial charge in [-0.25, -0.2) is 0 Å². The first kappa shape index (κ1) is 13.8. The molecule has 1 N–H and O–H groups in total. The molecule has 1 saturated carbocycles. The van der Waals surface area contributed by atoms with Gasteiger partial charge in [0.25, 0.3) is 0 Å². The van der Waals surface area contributed by atoms with Gasteiger partial charge in [-0.2, -0.15) is 0 Å². The van der Waals surface area contributed by atoms with Crippen molar-refractivity contribution in [3.05, 3.63) is 29.8 Å². The Hall–Kier alpha value is -1.16.